The van der Waals surface area contributed by atoms with Gasteiger partial charge in [-0.15, -0.1) is 0 Å². The van der Waals surface area contributed by atoms with Gasteiger partial charge in [0.25, 0.3) is 0 Å². The summed E-state index contributed by atoms with van der Waals surface area (Å²) < 4.78 is 11.3. The summed E-state index contributed by atoms with van der Waals surface area (Å²) in [6.07, 6.45) is 2.58. The Hall–Kier alpha value is -2.44. The third-order valence-corrected chi connectivity index (χ3v) is 4.82. The Kier molecular flexibility index (Phi) is 8.23. The minimum absolute atomic E-state index is 0.0381. The number of benzene rings is 1. The lowest BCUT2D eigenvalue weighted by molar-refractivity contribution is -0.121. The molecule has 0 bridgehead atoms. The predicted octanol–water partition coefficient (Wildman–Crippen LogP) is 1.89. The molecule has 1 fully saturated rings. The van der Waals surface area contributed by atoms with Gasteiger partial charge < -0.3 is 25.0 Å². The van der Waals surface area contributed by atoms with E-state index in [1.165, 1.54) is 0 Å². The lowest BCUT2D eigenvalue weighted by Crippen LogP contribution is -2.48. The van der Waals surface area contributed by atoms with Crippen LogP contribution >= 0.6 is 0 Å². The van der Waals surface area contributed by atoms with Gasteiger partial charge in [0, 0.05) is 33.6 Å². The van der Waals surface area contributed by atoms with Crippen LogP contribution in [0.3, 0.4) is 0 Å². The number of carbonyl (C=O) groups is 1. The first-order valence-corrected chi connectivity index (χ1v) is 9.53. The molecule has 1 amide bonds. The van der Waals surface area contributed by atoms with Crippen LogP contribution in [0.5, 0.6) is 11.5 Å². The molecule has 150 valence electrons. The van der Waals surface area contributed by atoms with E-state index >= 15 is 0 Å². The van der Waals surface area contributed by atoms with Crippen molar-refractivity contribution in [2.75, 3.05) is 40.8 Å². The SMILES string of the molecule is CN=C(NCC(C)Oc1ccccc1OC)N1CCC(CC(=O)NC)CC1. The van der Waals surface area contributed by atoms with Gasteiger partial charge in [0.1, 0.15) is 6.10 Å². The van der Waals surface area contributed by atoms with Gasteiger partial charge in [0.15, 0.2) is 17.5 Å². The van der Waals surface area contributed by atoms with E-state index in [0.717, 1.165) is 43.4 Å². The first-order chi connectivity index (χ1) is 13.1. The summed E-state index contributed by atoms with van der Waals surface area (Å²) in [6.45, 7) is 4.47. The molecular formula is C20H32N4O3. The van der Waals surface area contributed by atoms with Crippen LogP contribution in [0.25, 0.3) is 0 Å². The van der Waals surface area contributed by atoms with E-state index in [0.29, 0.717) is 18.9 Å². The Morgan fingerprint density at radius 3 is 2.56 bits per heavy atom. The molecule has 0 spiro atoms. The fraction of sp³-hybridized carbons (Fsp3) is 0.600. The average molecular weight is 377 g/mol. The van der Waals surface area contributed by atoms with Crippen molar-refractivity contribution in [2.45, 2.75) is 32.3 Å². The highest BCUT2D eigenvalue weighted by atomic mass is 16.5. The molecule has 1 aliphatic heterocycles. The Morgan fingerprint density at radius 1 is 1.30 bits per heavy atom. The number of ether oxygens (including phenoxy) is 2. The van der Waals surface area contributed by atoms with E-state index in [2.05, 4.69) is 20.5 Å². The molecule has 1 aromatic rings. The summed E-state index contributed by atoms with van der Waals surface area (Å²) in [6, 6.07) is 7.64. The summed E-state index contributed by atoms with van der Waals surface area (Å²) >= 11 is 0. The largest absolute Gasteiger partial charge is 0.493 e. The van der Waals surface area contributed by atoms with Crippen molar-refractivity contribution in [1.29, 1.82) is 0 Å². The highest BCUT2D eigenvalue weighted by Crippen LogP contribution is 2.26. The maximum Gasteiger partial charge on any atom is 0.220 e. The van der Waals surface area contributed by atoms with Crippen molar-refractivity contribution in [1.82, 2.24) is 15.5 Å². The monoisotopic (exact) mass is 376 g/mol. The molecule has 0 radical (unpaired) electrons. The van der Waals surface area contributed by atoms with E-state index in [1.54, 1.807) is 21.2 Å². The number of aliphatic imine (C=N–C) groups is 1. The molecule has 1 unspecified atom stereocenters. The number of amides is 1. The van der Waals surface area contributed by atoms with E-state index in [-0.39, 0.29) is 12.0 Å². The number of hydrogen-bond acceptors (Lipinski definition) is 4. The number of para-hydroxylation sites is 2. The maximum absolute atomic E-state index is 11.5. The molecule has 7 heteroatoms. The van der Waals surface area contributed by atoms with E-state index in [1.807, 2.05) is 31.2 Å². The number of rotatable bonds is 7. The van der Waals surface area contributed by atoms with Crippen LogP contribution in [0.2, 0.25) is 0 Å². The Balaban J connectivity index is 1.79. The molecule has 1 heterocycles. The summed E-state index contributed by atoms with van der Waals surface area (Å²) in [5.41, 5.74) is 0. The zero-order valence-electron chi connectivity index (χ0n) is 16.8. The third-order valence-electron chi connectivity index (χ3n) is 4.82. The van der Waals surface area contributed by atoms with Crippen molar-refractivity contribution in [2.24, 2.45) is 10.9 Å². The molecule has 2 rings (SSSR count). The fourth-order valence-electron chi connectivity index (χ4n) is 3.26. The number of likely N-dealkylation sites (tertiary alicyclic amines) is 1. The van der Waals surface area contributed by atoms with Gasteiger partial charge in [-0.2, -0.15) is 0 Å². The number of hydrogen-bond donors (Lipinski definition) is 2. The fourth-order valence-corrected chi connectivity index (χ4v) is 3.26. The smallest absolute Gasteiger partial charge is 0.220 e. The molecule has 1 aliphatic rings. The molecule has 1 aromatic carbocycles. The van der Waals surface area contributed by atoms with Gasteiger partial charge in [-0.05, 0) is 37.8 Å². The lowest BCUT2D eigenvalue weighted by Gasteiger charge is -2.34. The quantitative estimate of drug-likeness (QED) is 0.561. The van der Waals surface area contributed by atoms with Crippen LogP contribution in [-0.4, -0.2) is 63.7 Å². The van der Waals surface area contributed by atoms with Crippen molar-refractivity contribution < 1.29 is 14.3 Å². The van der Waals surface area contributed by atoms with Crippen LogP contribution in [0.15, 0.2) is 29.3 Å². The zero-order chi connectivity index (χ0) is 19.6. The van der Waals surface area contributed by atoms with Crippen molar-refractivity contribution >= 4 is 11.9 Å². The number of methoxy groups -OCH3 is 1. The Labute approximate surface area is 162 Å². The first-order valence-electron chi connectivity index (χ1n) is 9.53. The van der Waals surface area contributed by atoms with Gasteiger partial charge in [0.2, 0.25) is 5.91 Å². The van der Waals surface area contributed by atoms with Crippen molar-refractivity contribution in [3.8, 4) is 11.5 Å². The third kappa shape index (κ3) is 6.34. The number of nitrogens with zero attached hydrogens (tertiary/aromatic N) is 2. The predicted molar refractivity (Wildman–Crippen MR) is 107 cm³/mol. The van der Waals surface area contributed by atoms with Gasteiger partial charge >= 0.3 is 0 Å². The summed E-state index contributed by atoms with van der Waals surface area (Å²) in [5.74, 6) is 2.92. The zero-order valence-corrected chi connectivity index (χ0v) is 16.8. The topological polar surface area (TPSA) is 75.2 Å². The maximum atomic E-state index is 11.5. The van der Waals surface area contributed by atoms with Crippen LogP contribution in [-0.2, 0) is 4.79 Å². The summed E-state index contributed by atoms with van der Waals surface area (Å²) in [7, 11) is 5.13. The number of carbonyl (C=O) groups excluding carboxylic acids is 1. The molecule has 0 saturated carbocycles. The lowest BCUT2D eigenvalue weighted by atomic mass is 9.93. The van der Waals surface area contributed by atoms with Gasteiger partial charge in [-0.1, -0.05) is 12.1 Å². The van der Waals surface area contributed by atoms with E-state index in [4.69, 9.17) is 9.47 Å². The number of piperidine rings is 1. The minimum atomic E-state index is -0.0381. The standard InChI is InChI=1S/C20H32N4O3/c1-15(27-18-8-6-5-7-17(18)26-4)14-23-20(22-3)24-11-9-16(10-12-24)13-19(25)21-2/h5-8,15-16H,9-14H2,1-4H3,(H,21,25)(H,22,23). The van der Waals surface area contributed by atoms with Crippen molar-refractivity contribution in [3.63, 3.8) is 0 Å². The molecule has 1 saturated heterocycles. The van der Waals surface area contributed by atoms with Crippen LogP contribution in [0.4, 0.5) is 0 Å². The van der Waals surface area contributed by atoms with Crippen LogP contribution < -0.4 is 20.1 Å². The summed E-state index contributed by atoms with van der Waals surface area (Å²) in [5, 5.41) is 6.10. The number of guanidine groups is 1. The van der Waals surface area contributed by atoms with Gasteiger partial charge in [-0.3, -0.25) is 9.79 Å². The molecule has 1 atom stereocenters. The minimum Gasteiger partial charge on any atom is -0.493 e. The Bertz CT molecular complexity index is 627. The van der Waals surface area contributed by atoms with Crippen LogP contribution in [0, 0.1) is 5.92 Å². The molecule has 7 nitrogen and oxygen atoms in total. The average Bonchev–Trinajstić information content (AvgIpc) is 2.69. The molecule has 0 aromatic heterocycles. The Morgan fingerprint density at radius 2 is 1.96 bits per heavy atom. The van der Waals surface area contributed by atoms with Crippen molar-refractivity contribution in [3.05, 3.63) is 24.3 Å². The first kappa shape index (κ1) is 20.9. The number of nitrogens with one attached hydrogen (secondary N) is 2. The second-order valence-electron chi connectivity index (χ2n) is 6.82. The summed E-state index contributed by atoms with van der Waals surface area (Å²) in [4.78, 5) is 18.2. The second-order valence-corrected chi connectivity index (χ2v) is 6.82. The molecule has 27 heavy (non-hydrogen) atoms. The van der Waals surface area contributed by atoms with E-state index < -0.39 is 0 Å². The van der Waals surface area contributed by atoms with Gasteiger partial charge in [-0.25, -0.2) is 0 Å². The highest BCUT2D eigenvalue weighted by Gasteiger charge is 2.23. The van der Waals surface area contributed by atoms with E-state index in [9.17, 15) is 4.79 Å². The van der Waals surface area contributed by atoms with Crippen LogP contribution in [0.1, 0.15) is 26.2 Å². The second kappa shape index (κ2) is 10.6. The molecule has 0 aliphatic carbocycles. The highest BCUT2D eigenvalue weighted by molar-refractivity contribution is 5.80. The molecule has 2 N–H and O–H groups in total. The molecular weight excluding hydrogens is 344 g/mol. The van der Waals surface area contributed by atoms with Gasteiger partial charge in [0.05, 0.1) is 13.7 Å². The normalized spacial score (nSPS) is 16.6.